The molecule has 0 atom stereocenters. The normalized spacial score (nSPS) is 11.6. The molecule has 0 aliphatic rings. The van der Waals surface area contributed by atoms with Crippen LogP contribution in [0, 0.1) is 4.91 Å². The number of benzene rings is 5. The number of furan rings is 1. The highest BCUT2D eigenvalue weighted by Crippen LogP contribution is 2.46. The monoisotopic (exact) mass is 438 g/mol. The van der Waals surface area contributed by atoms with Gasteiger partial charge in [-0.05, 0) is 41.6 Å². The van der Waals surface area contributed by atoms with Crippen LogP contribution in [0.25, 0.3) is 60.6 Å². The summed E-state index contributed by atoms with van der Waals surface area (Å²) in [5.41, 5.74) is 6.89. The maximum atomic E-state index is 11.7. The Morgan fingerprint density at radius 1 is 0.647 bits per heavy atom. The van der Waals surface area contributed by atoms with Gasteiger partial charge in [-0.1, -0.05) is 72.8 Å². The molecule has 160 valence electrons. The fraction of sp³-hybridized carbons (Fsp3) is 0. The Hall–Kier alpha value is -4.70. The Bertz CT molecular complexity index is 1880. The summed E-state index contributed by atoms with van der Waals surface area (Å²) < 4.78 is 8.78. The van der Waals surface area contributed by atoms with Crippen molar-refractivity contribution in [1.29, 1.82) is 0 Å². The van der Waals surface area contributed by atoms with Gasteiger partial charge in [0.15, 0.2) is 0 Å². The molecule has 0 amide bonds. The van der Waals surface area contributed by atoms with E-state index < -0.39 is 0 Å². The first-order chi connectivity index (χ1) is 16.8. The third kappa shape index (κ3) is 2.54. The summed E-state index contributed by atoms with van der Waals surface area (Å²) in [5, 5.41) is 7.63. The average molecular weight is 438 g/mol. The van der Waals surface area contributed by atoms with Crippen molar-refractivity contribution in [1.82, 2.24) is 4.57 Å². The Kier molecular flexibility index (Phi) is 3.96. The van der Waals surface area contributed by atoms with Crippen LogP contribution in [0.2, 0.25) is 0 Å². The zero-order valence-electron chi connectivity index (χ0n) is 18.1. The second kappa shape index (κ2) is 7.15. The Morgan fingerprint density at radius 2 is 1.35 bits per heavy atom. The lowest BCUT2D eigenvalue weighted by Gasteiger charge is -2.10. The number of nitrogens with zero attached hydrogens (tertiary/aromatic N) is 2. The number of hydrogen-bond donors (Lipinski definition) is 0. The lowest BCUT2D eigenvalue weighted by molar-refractivity contribution is 0.670. The predicted molar refractivity (Wildman–Crippen MR) is 139 cm³/mol. The smallest absolute Gasteiger partial charge is 0.145 e. The molecular formula is C30H18N2O2. The van der Waals surface area contributed by atoms with Crippen molar-refractivity contribution in [2.24, 2.45) is 5.18 Å². The number of nitroso groups, excluding NO2 is 1. The van der Waals surface area contributed by atoms with E-state index in [-0.39, 0.29) is 0 Å². The summed E-state index contributed by atoms with van der Waals surface area (Å²) in [6.07, 6.45) is 0. The van der Waals surface area contributed by atoms with Gasteiger partial charge >= 0.3 is 0 Å². The largest absolute Gasteiger partial charge is 0.455 e. The van der Waals surface area contributed by atoms with Gasteiger partial charge < -0.3 is 8.98 Å². The zero-order chi connectivity index (χ0) is 22.6. The number of para-hydroxylation sites is 3. The van der Waals surface area contributed by atoms with Crippen molar-refractivity contribution in [2.75, 3.05) is 0 Å². The average Bonchev–Trinajstić information content (AvgIpc) is 3.44. The molecule has 7 rings (SSSR count). The highest BCUT2D eigenvalue weighted by atomic mass is 16.3. The van der Waals surface area contributed by atoms with Crippen LogP contribution in [0.5, 0.6) is 0 Å². The van der Waals surface area contributed by atoms with E-state index in [2.05, 4.69) is 70.4 Å². The topological polar surface area (TPSA) is 47.5 Å². The van der Waals surface area contributed by atoms with Gasteiger partial charge in [-0.25, -0.2) is 0 Å². The number of rotatable bonds is 3. The molecule has 2 aromatic heterocycles. The third-order valence-corrected chi connectivity index (χ3v) is 6.59. The second-order valence-electron chi connectivity index (χ2n) is 8.42. The number of fused-ring (bicyclic) bond motifs is 7. The van der Waals surface area contributed by atoms with Gasteiger partial charge in [0.1, 0.15) is 16.9 Å². The first-order valence-corrected chi connectivity index (χ1v) is 11.2. The van der Waals surface area contributed by atoms with Gasteiger partial charge in [0.25, 0.3) is 0 Å². The van der Waals surface area contributed by atoms with E-state index in [0.717, 1.165) is 60.6 Å². The van der Waals surface area contributed by atoms with Gasteiger partial charge in [-0.3, -0.25) is 0 Å². The highest BCUT2D eigenvalue weighted by Gasteiger charge is 2.23. The minimum absolute atomic E-state index is 0.399. The van der Waals surface area contributed by atoms with Crippen LogP contribution in [-0.4, -0.2) is 4.57 Å². The number of aromatic nitrogens is 1. The van der Waals surface area contributed by atoms with Crippen LogP contribution in [0.15, 0.2) is 119 Å². The summed E-state index contributed by atoms with van der Waals surface area (Å²) in [7, 11) is 0. The van der Waals surface area contributed by atoms with Crippen molar-refractivity contribution in [3.05, 3.63) is 114 Å². The molecule has 0 radical (unpaired) electrons. The molecule has 0 saturated carbocycles. The molecule has 0 N–H and O–H groups in total. The first-order valence-electron chi connectivity index (χ1n) is 11.2. The van der Waals surface area contributed by atoms with Crippen molar-refractivity contribution >= 4 is 49.4 Å². The molecule has 7 aromatic rings. The number of hydrogen-bond acceptors (Lipinski definition) is 3. The quantitative estimate of drug-likeness (QED) is 0.259. The van der Waals surface area contributed by atoms with Crippen molar-refractivity contribution in [3.8, 4) is 16.8 Å². The van der Waals surface area contributed by atoms with Gasteiger partial charge in [-0.2, -0.15) is 0 Å². The van der Waals surface area contributed by atoms with E-state index in [1.54, 1.807) is 6.07 Å². The first kappa shape index (κ1) is 18.8. The molecule has 0 unspecified atom stereocenters. The minimum Gasteiger partial charge on any atom is -0.455 e. The van der Waals surface area contributed by atoms with E-state index in [9.17, 15) is 4.91 Å². The predicted octanol–water partition coefficient (Wildman–Crippen LogP) is 8.75. The van der Waals surface area contributed by atoms with Gasteiger partial charge in [0.2, 0.25) is 0 Å². The van der Waals surface area contributed by atoms with E-state index in [1.165, 1.54) is 0 Å². The Balaban J connectivity index is 1.79. The van der Waals surface area contributed by atoms with Gasteiger partial charge in [0, 0.05) is 33.0 Å². The molecular weight excluding hydrogens is 420 g/mol. The fourth-order valence-corrected chi connectivity index (χ4v) is 5.16. The van der Waals surface area contributed by atoms with Crippen LogP contribution in [-0.2, 0) is 0 Å². The standard InChI is InChI=1S/C30H18N2O2/c33-31-25-15-7-4-12-20(25)24-18-23-21-13-5-8-16-26(21)32(19-10-2-1-3-11-19)29(23)28-22-14-6-9-17-27(22)34-30(24)28/h1-18H. The molecule has 0 aliphatic carbocycles. The second-order valence-corrected chi connectivity index (χ2v) is 8.42. The van der Waals surface area contributed by atoms with E-state index in [1.807, 2.05) is 42.5 Å². The van der Waals surface area contributed by atoms with Crippen molar-refractivity contribution < 1.29 is 4.42 Å². The van der Waals surface area contributed by atoms with Crippen LogP contribution in [0.3, 0.4) is 0 Å². The van der Waals surface area contributed by atoms with E-state index in [4.69, 9.17) is 4.42 Å². The summed E-state index contributed by atoms with van der Waals surface area (Å²) >= 11 is 0. The van der Waals surface area contributed by atoms with E-state index in [0.29, 0.717) is 5.69 Å². The SMILES string of the molecule is O=Nc1ccccc1-c1cc2c3ccccc3n(-c3ccccc3)c2c2c1oc1ccccc12. The van der Waals surface area contributed by atoms with E-state index >= 15 is 0 Å². The molecule has 5 aromatic carbocycles. The Labute approximate surface area is 194 Å². The molecule has 4 nitrogen and oxygen atoms in total. The molecule has 2 heterocycles. The third-order valence-electron chi connectivity index (χ3n) is 6.59. The van der Waals surface area contributed by atoms with Gasteiger partial charge in [0.05, 0.1) is 16.4 Å². The molecule has 34 heavy (non-hydrogen) atoms. The molecule has 0 aliphatic heterocycles. The molecule has 4 heteroatoms. The summed E-state index contributed by atoms with van der Waals surface area (Å²) in [6.45, 7) is 0. The minimum atomic E-state index is 0.399. The summed E-state index contributed by atoms with van der Waals surface area (Å²) in [4.78, 5) is 11.7. The molecule has 0 bridgehead atoms. The highest BCUT2D eigenvalue weighted by molar-refractivity contribution is 6.27. The Morgan fingerprint density at radius 3 is 2.21 bits per heavy atom. The molecule has 0 fully saturated rings. The summed E-state index contributed by atoms with van der Waals surface area (Å²) in [6, 6.07) is 36.5. The molecule has 0 spiro atoms. The van der Waals surface area contributed by atoms with Gasteiger partial charge in [-0.15, -0.1) is 4.91 Å². The lowest BCUT2D eigenvalue weighted by atomic mass is 9.97. The van der Waals surface area contributed by atoms with Crippen LogP contribution < -0.4 is 0 Å². The summed E-state index contributed by atoms with van der Waals surface area (Å²) in [5.74, 6) is 0. The van der Waals surface area contributed by atoms with Crippen molar-refractivity contribution in [3.63, 3.8) is 0 Å². The molecule has 0 saturated heterocycles. The van der Waals surface area contributed by atoms with Crippen LogP contribution in [0.4, 0.5) is 5.69 Å². The van der Waals surface area contributed by atoms with Crippen molar-refractivity contribution in [2.45, 2.75) is 0 Å². The lowest BCUT2D eigenvalue weighted by Crippen LogP contribution is -1.94. The van der Waals surface area contributed by atoms with Crippen LogP contribution in [0.1, 0.15) is 0 Å². The van der Waals surface area contributed by atoms with Crippen LogP contribution >= 0.6 is 0 Å². The zero-order valence-corrected chi connectivity index (χ0v) is 18.1. The fourth-order valence-electron chi connectivity index (χ4n) is 5.16. The maximum absolute atomic E-state index is 11.7. The maximum Gasteiger partial charge on any atom is 0.145 e.